The highest BCUT2D eigenvalue weighted by Gasteiger charge is 2.42. The van der Waals surface area contributed by atoms with Crippen molar-refractivity contribution in [2.45, 2.75) is 25.9 Å². The van der Waals surface area contributed by atoms with Gasteiger partial charge in [-0.3, -0.25) is 0 Å². The van der Waals surface area contributed by atoms with Gasteiger partial charge in [-0.25, -0.2) is 9.57 Å². The van der Waals surface area contributed by atoms with Crippen molar-refractivity contribution in [3.05, 3.63) is 71.8 Å². The normalized spacial score (nSPS) is 21.6. The average molecular weight is 277 g/mol. The number of aliphatic imine (C=N–C) groups is 1. The first kappa shape index (κ1) is 13.7. The molecule has 0 saturated carbocycles. The van der Waals surface area contributed by atoms with Crippen molar-refractivity contribution in [2.75, 3.05) is 7.05 Å². The minimum Gasteiger partial charge on any atom is -0.208 e. The zero-order valence-corrected chi connectivity index (χ0v) is 12.9. The molecule has 0 amide bonds. The maximum Gasteiger partial charge on any atom is 0.253 e. The Kier molecular flexibility index (Phi) is 3.46. The van der Waals surface area contributed by atoms with Crippen LogP contribution in [0.4, 0.5) is 0 Å². The number of hydrogen-bond donors (Lipinski definition) is 0. The molecule has 1 heterocycles. The molecule has 2 aromatic carbocycles. The SMILES string of the molecule is CCC1(C)N=C(c2ccccc2)C(c2ccccc2)=[N+]1C. The van der Waals surface area contributed by atoms with Crippen LogP contribution in [0.1, 0.15) is 31.4 Å². The van der Waals surface area contributed by atoms with Crippen molar-refractivity contribution in [2.24, 2.45) is 4.99 Å². The molecule has 2 aromatic rings. The van der Waals surface area contributed by atoms with Crippen LogP contribution < -0.4 is 0 Å². The largest absolute Gasteiger partial charge is 0.253 e. The summed E-state index contributed by atoms with van der Waals surface area (Å²) in [6.07, 6.45) is 0.982. The molecule has 1 atom stereocenters. The molecule has 0 saturated heterocycles. The molecule has 2 nitrogen and oxygen atoms in total. The number of nitrogens with zero attached hydrogens (tertiary/aromatic N) is 2. The van der Waals surface area contributed by atoms with Gasteiger partial charge in [0.25, 0.3) is 5.66 Å². The Morgan fingerprint density at radius 1 is 0.905 bits per heavy atom. The maximum atomic E-state index is 5.05. The summed E-state index contributed by atoms with van der Waals surface area (Å²) in [4.78, 5) is 5.05. The summed E-state index contributed by atoms with van der Waals surface area (Å²) in [5.41, 5.74) is 4.54. The summed E-state index contributed by atoms with van der Waals surface area (Å²) < 4.78 is 2.31. The van der Waals surface area contributed by atoms with Gasteiger partial charge in [-0.15, -0.1) is 0 Å². The second-order valence-electron chi connectivity index (χ2n) is 5.67. The summed E-state index contributed by atoms with van der Waals surface area (Å²) in [6, 6.07) is 21.0. The lowest BCUT2D eigenvalue weighted by molar-refractivity contribution is -0.572. The Balaban J connectivity index is 2.20. The van der Waals surface area contributed by atoms with Crippen molar-refractivity contribution < 1.29 is 4.58 Å². The van der Waals surface area contributed by atoms with Crippen LogP contribution in [0.3, 0.4) is 0 Å². The number of rotatable bonds is 3. The summed E-state index contributed by atoms with van der Waals surface area (Å²) in [5, 5.41) is 0. The average Bonchev–Trinajstić information content (AvgIpc) is 2.82. The Morgan fingerprint density at radius 3 is 1.95 bits per heavy atom. The van der Waals surface area contributed by atoms with Crippen LogP contribution in [0.25, 0.3) is 0 Å². The molecule has 0 N–H and O–H groups in total. The molecule has 0 aliphatic carbocycles. The molecule has 0 bridgehead atoms. The van der Waals surface area contributed by atoms with Gasteiger partial charge >= 0.3 is 0 Å². The van der Waals surface area contributed by atoms with Crippen LogP contribution in [0.5, 0.6) is 0 Å². The maximum absolute atomic E-state index is 5.05. The van der Waals surface area contributed by atoms with Crippen LogP contribution >= 0.6 is 0 Å². The molecule has 1 aliphatic heterocycles. The van der Waals surface area contributed by atoms with E-state index in [0.717, 1.165) is 12.1 Å². The van der Waals surface area contributed by atoms with Crippen LogP contribution in [0.2, 0.25) is 0 Å². The van der Waals surface area contributed by atoms with Gasteiger partial charge in [-0.2, -0.15) is 0 Å². The lowest BCUT2D eigenvalue weighted by atomic mass is 10.00. The molecule has 0 aromatic heterocycles. The second kappa shape index (κ2) is 5.28. The van der Waals surface area contributed by atoms with Gasteiger partial charge in [0.1, 0.15) is 12.8 Å². The third-order valence-corrected chi connectivity index (χ3v) is 4.40. The molecule has 1 aliphatic rings. The predicted octanol–water partition coefficient (Wildman–Crippen LogP) is 3.75. The molecule has 1 unspecified atom stereocenters. The fourth-order valence-corrected chi connectivity index (χ4v) is 2.81. The first-order valence-corrected chi connectivity index (χ1v) is 7.47. The fourth-order valence-electron chi connectivity index (χ4n) is 2.81. The van der Waals surface area contributed by atoms with Gasteiger partial charge in [0.15, 0.2) is 0 Å². The minimum atomic E-state index is -0.170. The highest BCUT2D eigenvalue weighted by molar-refractivity contribution is 6.52. The van der Waals surface area contributed by atoms with Gasteiger partial charge in [0, 0.05) is 24.5 Å². The summed E-state index contributed by atoms with van der Waals surface area (Å²) >= 11 is 0. The highest BCUT2D eigenvalue weighted by atomic mass is 15.2. The smallest absolute Gasteiger partial charge is 0.208 e. The van der Waals surface area contributed by atoms with E-state index in [1.54, 1.807) is 0 Å². The zero-order valence-electron chi connectivity index (χ0n) is 12.9. The van der Waals surface area contributed by atoms with Crippen LogP contribution in [0, 0.1) is 0 Å². The van der Waals surface area contributed by atoms with E-state index in [1.807, 2.05) is 6.07 Å². The summed E-state index contributed by atoms with van der Waals surface area (Å²) in [5.74, 6) is 0. The van der Waals surface area contributed by atoms with E-state index < -0.39 is 0 Å². The van der Waals surface area contributed by atoms with Crippen LogP contribution in [-0.4, -0.2) is 28.7 Å². The first-order valence-electron chi connectivity index (χ1n) is 7.47. The summed E-state index contributed by atoms with van der Waals surface area (Å²) in [6.45, 7) is 4.39. The Hall–Kier alpha value is -2.22. The van der Waals surface area contributed by atoms with Crippen molar-refractivity contribution in [1.82, 2.24) is 0 Å². The van der Waals surface area contributed by atoms with E-state index in [4.69, 9.17) is 4.99 Å². The molecule has 3 rings (SSSR count). The molecular weight excluding hydrogens is 256 g/mol. The van der Waals surface area contributed by atoms with Crippen molar-refractivity contribution in [3.8, 4) is 0 Å². The van der Waals surface area contributed by atoms with Gasteiger partial charge in [0.2, 0.25) is 5.71 Å². The third kappa shape index (κ3) is 2.31. The number of hydrogen-bond acceptors (Lipinski definition) is 1. The molecule has 106 valence electrons. The fraction of sp³-hybridized carbons (Fsp3) is 0.263. The van der Waals surface area contributed by atoms with Crippen LogP contribution in [0.15, 0.2) is 65.7 Å². The minimum absolute atomic E-state index is 0.170. The second-order valence-corrected chi connectivity index (χ2v) is 5.67. The van der Waals surface area contributed by atoms with Gasteiger partial charge in [-0.1, -0.05) is 55.5 Å². The van der Waals surface area contributed by atoms with Gasteiger partial charge < -0.3 is 0 Å². The van der Waals surface area contributed by atoms with E-state index in [-0.39, 0.29) is 5.66 Å². The van der Waals surface area contributed by atoms with Crippen molar-refractivity contribution in [3.63, 3.8) is 0 Å². The Morgan fingerprint density at radius 2 is 1.43 bits per heavy atom. The van der Waals surface area contributed by atoms with E-state index in [2.05, 4.69) is 80.1 Å². The standard InChI is InChI=1S/C19H21N2/c1-4-19(2)20-17(15-11-7-5-8-12-15)18(21(19)3)16-13-9-6-10-14-16/h5-14H,4H2,1-3H3/q+1. The molecule has 21 heavy (non-hydrogen) atoms. The lowest BCUT2D eigenvalue weighted by Gasteiger charge is -2.14. The zero-order chi connectivity index (χ0) is 14.9. The summed E-state index contributed by atoms with van der Waals surface area (Å²) in [7, 11) is 2.14. The van der Waals surface area contributed by atoms with E-state index in [1.165, 1.54) is 16.8 Å². The number of benzene rings is 2. The van der Waals surface area contributed by atoms with E-state index in [9.17, 15) is 0 Å². The Bertz CT molecular complexity index is 699. The quantitative estimate of drug-likeness (QED) is 0.759. The van der Waals surface area contributed by atoms with E-state index in [0.29, 0.717) is 0 Å². The van der Waals surface area contributed by atoms with Crippen molar-refractivity contribution >= 4 is 11.4 Å². The van der Waals surface area contributed by atoms with E-state index >= 15 is 0 Å². The molecule has 0 fully saturated rings. The molecule has 0 radical (unpaired) electrons. The topological polar surface area (TPSA) is 15.4 Å². The highest BCUT2D eigenvalue weighted by Crippen LogP contribution is 2.26. The molecule has 0 spiro atoms. The molecule has 2 heteroatoms. The van der Waals surface area contributed by atoms with Crippen molar-refractivity contribution in [1.29, 1.82) is 0 Å². The van der Waals surface area contributed by atoms with Gasteiger partial charge in [-0.05, 0) is 12.1 Å². The van der Waals surface area contributed by atoms with Crippen LogP contribution in [-0.2, 0) is 0 Å². The van der Waals surface area contributed by atoms with Gasteiger partial charge in [0.05, 0.1) is 0 Å². The predicted molar refractivity (Wildman–Crippen MR) is 88.4 cm³/mol. The third-order valence-electron chi connectivity index (χ3n) is 4.40. The first-order chi connectivity index (χ1) is 10.2. The molecular formula is C19H21N2+. The monoisotopic (exact) mass is 277 g/mol. The Labute approximate surface area is 126 Å². The lowest BCUT2D eigenvalue weighted by Crippen LogP contribution is -2.34.